The second kappa shape index (κ2) is 8.18. The summed E-state index contributed by atoms with van der Waals surface area (Å²) in [5, 5.41) is 0. The Labute approximate surface area is 118 Å². The van der Waals surface area contributed by atoms with Crippen LogP contribution >= 0.6 is 0 Å². The fraction of sp³-hybridized carbons (Fsp3) is 0.462. The van der Waals surface area contributed by atoms with E-state index >= 15 is 0 Å². The maximum absolute atomic E-state index is 10.1. The number of aryl methyl sites for hydroxylation is 3. The molecule has 0 N–H and O–H groups in total. The molecule has 76 valence electrons. The summed E-state index contributed by atoms with van der Waals surface area (Å²) in [5.41, 5.74) is 3.77. The maximum Gasteiger partial charge on any atom is 3.00 e. The van der Waals surface area contributed by atoms with Crippen molar-refractivity contribution in [2.24, 2.45) is 0 Å². The number of aldehydes is 1. The molecule has 0 heterocycles. The summed E-state index contributed by atoms with van der Waals surface area (Å²) in [6, 6.07) is 7.60. The summed E-state index contributed by atoms with van der Waals surface area (Å²) in [6.45, 7) is 4.14. The molecule has 0 saturated heterocycles. The van der Waals surface area contributed by atoms with E-state index in [9.17, 15) is 4.79 Å². The molecule has 1 rings (SSSR count). The van der Waals surface area contributed by atoms with Crippen LogP contribution in [0.4, 0.5) is 0 Å². The molecule has 1 nitrogen and oxygen atoms in total. The van der Waals surface area contributed by atoms with E-state index in [0.29, 0.717) is 6.42 Å². The van der Waals surface area contributed by atoms with Gasteiger partial charge in [0.1, 0.15) is 6.29 Å². The molecule has 15 heavy (non-hydrogen) atoms. The van der Waals surface area contributed by atoms with Crippen molar-refractivity contribution in [2.75, 3.05) is 0 Å². The van der Waals surface area contributed by atoms with Crippen molar-refractivity contribution in [3.05, 3.63) is 34.9 Å². The van der Waals surface area contributed by atoms with Crippen LogP contribution in [0.3, 0.4) is 0 Å². The summed E-state index contributed by atoms with van der Waals surface area (Å²) in [5.74, 6) is 0. The van der Waals surface area contributed by atoms with Crippen LogP contribution in [0.15, 0.2) is 12.1 Å². The number of carbonyl (C=O) groups is 1. The average molecular weight is 278 g/mol. The Kier molecular flexibility index (Phi) is 8.18. The predicted molar refractivity (Wildman–Crippen MR) is 58.4 cm³/mol. The molecular weight excluding hydrogens is 261 g/mol. The van der Waals surface area contributed by atoms with Crippen molar-refractivity contribution >= 4 is 6.29 Å². The number of unbranched alkanes of at least 4 members (excludes halogenated alkanes) is 2. The van der Waals surface area contributed by atoms with Crippen LogP contribution in [0.1, 0.15) is 36.0 Å². The molecule has 0 fully saturated rings. The van der Waals surface area contributed by atoms with E-state index in [1.807, 2.05) is 0 Å². The fourth-order valence-electron chi connectivity index (χ4n) is 1.68. The minimum Gasteiger partial charge on any atom is -0.303 e. The van der Waals surface area contributed by atoms with Crippen molar-refractivity contribution in [1.29, 1.82) is 0 Å². The van der Waals surface area contributed by atoms with Crippen LogP contribution < -0.4 is 0 Å². The molecular formula is C13H17OY+2. The summed E-state index contributed by atoms with van der Waals surface area (Å²) in [6.07, 6.45) is 4.86. The minimum atomic E-state index is 0. The van der Waals surface area contributed by atoms with Crippen molar-refractivity contribution < 1.29 is 37.5 Å². The topological polar surface area (TPSA) is 17.1 Å². The molecule has 0 aliphatic heterocycles. The summed E-state index contributed by atoms with van der Waals surface area (Å²) in [4.78, 5) is 10.1. The van der Waals surface area contributed by atoms with Gasteiger partial charge in [-0.25, -0.2) is 0 Å². The van der Waals surface area contributed by atoms with Crippen LogP contribution in [0, 0.1) is 19.9 Å². The van der Waals surface area contributed by atoms with Gasteiger partial charge in [0.25, 0.3) is 0 Å². The standard InChI is InChI=1S/C13H17O.Y/c1-11-8-12(2)10-13(9-11)6-4-3-5-7-14;/h7,9-10H,3-6H2,1-2H3;/q-1;+3. The first-order valence-electron chi connectivity index (χ1n) is 5.15. The van der Waals surface area contributed by atoms with Crippen LogP contribution in [0.2, 0.25) is 0 Å². The second-order valence-electron chi connectivity index (χ2n) is 3.77. The first kappa shape index (κ1) is 15.0. The van der Waals surface area contributed by atoms with Crippen LogP contribution in [0.5, 0.6) is 0 Å². The maximum atomic E-state index is 10.1. The SMILES string of the molecule is Cc1[c-]c(C)cc(CCCCC=O)c1.[Y+3]. The third-order valence-electron chi connectivity index (χ3n) is 2.24. The van der Waals surface area contributed by atoms with Crippen LogP contribution in [0.25, 0.3) is 0 Å². The molecule has 0 saturated carbocycles. The van der Waals surface area contributed by atoms with Gasteiger partial charge in [0, 0.05) is 6.42 Å². The number of hydrogen-bond acceptors (Lipinski definition) is 1. The number of rotatable bonds is 5. The predicted octanol–water partition coefficient (Wildman–Crippen LogP) is 3.01. The van der Waals surface area contributed by atoms with E-state index in [1.165, 1.54) is 16.7 Å². The van der Waals surface area contributed by atoms with Crippen LogP contribution in [-0.2, 0) is 43.9 Å². The second-order valence-corrected chi connectivity index (χ2v) is 3.77. The van der Waals surface area contributed by atoms with Gasteiger partial charge in [-0.05, 0) is 6.42 Å². The third kappa shape index (κ3) is 6.22. The fourth-order valence-corrected chi connectivity index (χ4v) is 1.68. The Morgan fingerprint density at radius 3 is 2.33 bits per heavy atom. The summed E-state index contributed by atoms with van der Waals surface area (Å²) >= 11 is 0. The summed E-state index contributed by atoms with van der Waals surface area (Å²) < 4.78 is 0. The van der Waals surface area contributed by atoms with E-state index < -0.39 is 0 Å². The van der Waals surface area contributed by atoms with E-state index in [4.69, 9.17) is 0 Å². The molecule has 0 aliphatic rings. The average Bonchev–Trinajstić information content (AvgIpc) is 2.11. The van der Waals surface area contributed by atoms with Crippen molar-refractivity contribution in [3.8, 4) is 0 Å². The molecule has 0 radical (unpaired) electrons. The Hall–Kier alpha value is -0.00610. The van der Waals surface area contributed by atoms with Gasteiger partial charge in [0.05, 0.1) is 0 Å². The molecule has 0 unspecified atom stereocenters. The molecule has 1 aromatic carbocycles. The smallest absolute Gasteiger partial charge is 0.303 e. The quantitative estimate of drug-likeness (QED) is 0.459. The Morgan fingerprint density at radius 1 is 1.20 bits per heavy atom. The largest absolute Gasteiger partial charge is 3.00 e. The molecule has 0 aliphatic carbocycles. The van der Waals surface area contributed by atoms with Gasteiger partial charge in [-0.1, -0.05) is 26.7 Å². The number of hydrogen-bond donors (Lipinski definition) is 0. The van der Waals surface area contributed by atoms with Gasteiger partial charge >= 0.3 is 32.7 Å². The molecule has 1 aromatic rings. The zero-order valence-corrected chi connectivity index (χ0v) is 12.4. The Morgan fingerprint density at radius 2 is 1.80 bits per heavy atom. The zero-order chi connectivity index (χ0) is 10.4. The van der Waals surface area contributed by atoms with Crippen LogP contribution in [-0.4, -0.2) is 6.29 Å². The van der Waals surface area contributed by atoms with Gasteiger partial charge in [0.15, 0.2) is 0 Å². The van der Waals surface area contributed by atoms with E-state index in [2.05, 4.69) is 32.0 Å². The third-order valence-corrected chi connectivity index (χ3v) is 2.24. The zero-order valence-electron chi connectivity index (χ0n) is 9.55. The first-order valence-corrected chi connectivity index (χ1v) is 5.15. The van der Waals surface area contributed by atoms with Gasteiger partial charge in [-0.15, -0.1) is 0 Å². The van der Waals surface area contributed by atoms with Crippen molar-refractivity contribution in [3.63, 3.8) is 0 Å². The molecule has 2 heteroatoms. The van der Waals surface area contributed by atoms with Gasteiger partial charge in [0.2, 0.25) is 0 Å². The van der Waals surface area contributed by atoms with Gasteiger partial charge in [-0.2, -0.15) is 34.9 Å². The number of carbonyl (C=O) groups excluding carboxylic acids is 1. The van der Waals surface area contributed by atoms with E-state index in [0.717, 1.165) is 25.5 Å². The van der Waals surface area contributed by atoms with Crippen molar-refractivity contribution in [1.82, 2.24) is 0 Å². The van der Waals surface area contributed by atoms with Gasteiger partial charge in [-0.3, -0.25) is 0 Å². The van der Waals surface area contributed by atoms with E-state index in [1.54, 1.807) is 0 Å². The first-order chi connectivity index (χ1) is 6.72. The molecule has 0 spiro atoms. The van der Waals surface area contributed by atoms with E-state index in [-0.39, 0.29) is 32.7 Å². The minimum absolute atomic E-state index is 0. The van der Waals surface area contributed by atoms with Crippen molar-refractivity contribution in [2.45, 2.75) is 39.5 Å². The Bertz CT molecular complexity index is 287. The Balaban J connectivity index is 0.00000196. The molecule has 0 aromatic heterocycles. The molecule has 0 amide bonds. The molecule has 0 bridgehead atoms. The number of benzene rings is 1. The normalized spacial score (nSPS) is 9.47. The molecule has 0 atom stereocenters. The monoisotopic (exact) mass is 278 g/mol. The summed E-state index contributed by atoms with van der Waals surface area (Å²) in [7, 11) is 0. The van der Waals surface area contributed by atoms with Gasteiger partial charge < -0.3 is 4.79 Å².